The van der Waals surface area contributed by atoms with Crippen LogP contribution in [0.5, 0.6) is 5.75 Å². The van der Waals surface area contributed by atoms with Gasteiger partial charge in [0.15, 0.2) is 0 Å². The number of carbonyl (C=O) groups excluding carboxylic acids is 1. The maximum atomic E-state index is 11.9. The van der Waals surface area contributed by atoms with Crippen LogP contribution < -0.4 is 0 Å². The van der Waals surface area contributed by atoms with E-state index in [2.05, 4.69) is 5.10 Å². The van der Waals surface area contributed by atoms with Crippen LogP contribution in [0.1, 0.15) is 30.5 Å². The predicted octanol–water partition coefficient (Wildman–Crippen LogP) is 3.74. The highest BCUT2D eigenvalue weighted by molar-refractivity contribution is 6.31. The van der Waals surface area contributed by atoms with Crippen molar-refractivity contribution in [2.45, 2.75) is 19.4 Å². The van der Waals surface area contributed by atoms with Crippen LogP contribution in [-0.2, 0) is 4.79 Å². The van der Waals surface area contributed by atoms with E-state index in [0.29, 0.717) is 17.0 Å². The van der Waals surface area contributed by atoms with Gasteiger partial charge in [-0.25, -0.2) is 5.01 Å². The topological polar surface area (TPSA) is 52.9 Å². The lowest BCUT2D eigenvalue weighted by Crippen LogP contribution is -2.24. The zero-order chi connectivity index (χ0) is 15.7. The first-order chi connectivity index (χ1) is 10.6. The van der Waals surface area contributed by atoms with Crippen molar-refractivity contribution in [1.82, 2.24) is 5.01 Å². The van der Waals surface area contributed by atoms with Gasteiger partial charge in [-0.05, 0) is 23.8 Å². The summed E-state index contributed by atoms with van der Waals surface area (Å²) in [7, 11) is 0. The van der Waals surface area contributed by atoms with Crippen LogP contribution in [0.25, 0.3) is 0 Å². The lowest BCUT2D eigenvalue weighted by Gasteiger charge is -2.21. The van der Waals surface area contributed by atoms with Crippen LogP contribution in [0, 0.1) is 0 Å². The number of halogens is 1. The molecule has 1 atom stereocenters. The van der Waals surface area contributed by atoms with Crippen LogP contribution in [-0.4, -0.2) is 21.7 Å². The molecular weight excluding hydrogens is 300 g/mol. The Bertz CT molecular complexity index is 758. The van der Waals surface area contributed by atoms with Crippen LogP contribution in [0.4, 0.5) is 0 Å². The summed E-state index contributed by atoms with van der Waals surface area (Å²) in [4.78, 5) is 11.9. The van der Waals surface area contributed by atoms with E-state index in [4.69, 9.17) is 11.6 Å². The Morgan fingerprint density at radius 3 is 2.73 bits per heavy atom. The summed E-state index contributed by atoms with van der Waals surface area (Å²) in [6, 6.07) is 14.1. The molecule has 0 saturated carbocycles. The molecule has 22 heavy (non-hydrogen) atoms. The quantitative estimate of drug-likeness (QED) is 0.918. The zero-order valence-electron chi connectivity index (χ0n) is 12.0. The maximum absolute atomic E-state index is 11.9. The molecular formula is C17H15ClN2O2. The van der Waals surface area contributed by atoms with E-state index in [1.807, 2.05) is 30.3 Å². The first-order valence-electron chi connectivity index (χ1n) is 6.97. The fourth-order valence-corrected chi connectivity index (χ4v) is 2.84. The lowest BCUT2D eigenvalue weighted by molar-refractivity contribution is -0.130. The second-order valence-corrected chi connectivity index (χ2v) is 5.64. The van der Waals surface area contributed by atoms with Gasteiger partial charge in [-0.3, -0.25) is 4.79 Å². The van der Waals surface area contributed by atoms with Crippen LogP contribution in [0.3, 0.4) is 0 Å². The van der Waals surface area contributed by atoms with E-state index in [1.165, 1.54) is 11.9 Å². The molecule has 1 N–H and O–H groups in total. The molecule has 112 valence electrons. The van der Waals surface area contributed by atoms with Crippen molar-refractivity contribution in [2.75, 3.05) is 0 Å². The fraction of sp³-hybridized carbons (Fsp3) is 0.176. The molecule has 2 aromatic rings. The van der Waals surface area contributed by atoms with E-state index >= 15 is 0 Å². The van der Waals surface area contributed by atoms with Gasteiger partial charge >= 0.3 is 0 Å². The van der Waals surface area contributed by atoms with Crippen LogP contribution >= 0.6 is 11.6 Å². The number of phenols is 1. The summed E-state index contributed by atoms with van der Waals surface area (Å²) in [6.07, 6.45) is 0.539. The fourth-order valence-electron chi connectivity index (χ4n) is 2.65. The van der Waals surface area contributed by atoms with Gasteiger partial charge in [0.25, 0.3) is 0 Å². The summed E-state index contributed by atoms with van der Waals surface area (Å²) >= 11 is 6.03. The first kappa shape index (κ1) is 14.6. The Balaban J connectivity index is 1.99. The molecule has 0 spiro atoms. The van der Waals surface area contributed by atoms with Crippen molar-refractivity contribution in [3.8, 4) is 5.75 Å². The number of para-hydroxylation sites is 1. The number of benzene rings is 2. The van der Waals surface area contributed by atoms with Crippen molar-refractivity contribution in [3.05, 3.63) is 64.7 Å². The van der Waals surface area contributed by atoms with E-state index < -0.39 is 0 Å². The lowest BCUT2D eigenvalue weighted by atomic mass is 9.98. The van der Waals surface area contributed by atoms with Gasteiger partial charge < -0.3 is 5.11 Å². The SMILES string of the molecule is CC(=O)N1N=C(c2cccc(Cl)c2)C[C@@H]1c1ccccc1O. The average molecular weight is 315 g/mol. The highest BCUT2D eigenvalue weighted by Crippen LogP contribution is 2.36. The number of aromatic hydroxyl groups is 1. The van der Waals surface area contributed by atoms with Crippen molar-refractivity contribution in [1.29, 1.82) is 0 Å². The Morgan fingerprint density at radius 2 is 2.05 bits per heavy atom. The van der Waals surface area contributed by atoms with Crippen LogP contribution in [0.2, 0.25) is 5.02 Å². The van der Waals surface area contributed by atoms with Gasteiger partial charge in [0.1, 0.15) is 5.75 Å². The van der Waals surface area contributed by atoms with E-state index in [9.17, 15) is 9.90 Å². The third-order valence-corrected chi connectivity index (χ3v) is 3.92. The molecule has 0 unspecified atom stereocenters. The molecule has 5 heteroatoms. The molecule has 1 amide bonds. The van der Waals surface area contributed by atoms with Gasteiger partial charge in [0.05, 0.1) is 11.8 Å². The Hall–Kier alpha value is -2.33. The number of hydrogen-bond acceptors (Lipinski definition) is 3. The predicted molar refractivity (Wildman–Crippen MR) is 86.0 cm³/mol. The number of hydrazone groups is 1. The number of hydrogen-bond donors (Lipinski definition) is 1. The zero-order valence-corrected chi connectivity index (χ0v) is 12.8. The third-order valence-electron chi connectivity index (χ3n) is 3.69. The first-order valence-corrected chi connectivity index (χ1v) is 7.35. The number of rotatable bonds is 2. The van der Waals surface area contributed by atoms with Gasteiger partial charge in [-0.1, -0.05) is 41.9 Å². The monoisotopic (exact) mass is 314 g/mol. The second-order valence-electron chi connectivity index (χ2n) is 5.20. The molecule has 2 aromatic carbocycles. The second kappa shape index (κ2) is 5.81. The molecule has 0 bridgehead atoms. The molecule has 1 aliphatic heterocycles. The van der Waals surface area contributed by atoms with E-state index in [0.717, 1.165) is 11.3 Å². The molecule has 0 aliphatic carbocycles. The van der Waals surface area contributed by atoms with E-state index in [1.54, 1.807) is 18.2 Å². The third kappa shape index (κ3) is 2.70. The largest absolute Gasteiger partial charge is 0.508 e. The maximum Gasteiger partial charge on any atom is 0.240 e. The smallest absolute Gasteiger partial charge is 0.240 e. The molecule has 4 nitrogen and oxygen atoms in total. The Morgan fingerprint density at radius 1 is 1.27 bits per heavy atom. The van der Waals surface area contributed by atoms with Gasteiger partial charge in [0.2, 0.25) is 5.91 Å². The number of amides is 1. The molecule has 1 heterocycles. The summed E-state index contributed by atoms with van der Waals surface area (Å²) in [5, 5.41) is 16.5. The summed E-state index contributed by atoms with van der Waals surface area (Å²) in [5.74, 6) is 0.00609. The van der Waals surface area contributed by atoms with Gasteiger partial charge in [0, 0.05) is 23.9 Å². The molecule has 0 saturated heterocycles. The molecule has 0 fully saturated rings. The standard InChI is InChI=1S/C17H15ClN2O2/c1-11(21)20-16(14-7-2-3-8-17(14)22)10-15(19-20)12-5-4-6-13(18)9-12/h2-9,16,22H,10H2,1H3/t16-/m1/s1. The van der Waals surface area contributed by atoms with Crippen molar-refractivity contribution >= 4 is 23.2 Å². The van der Waals surface area contributed by atoms with Gasteiger partial charge in [-0.15, -0.1) is 0 Å². The number of carbonyl (C=O) groups is 1. The molecule has 0 radical (unpaired) electrons. The summed E-state index contributed by atoms with van der Waals surface area (Å²) < 4.78 is 0. The van der Waals surface area contributed by atoms with Crippen LogP contribution in [0.15, 0.2) is 53.6 Å². The molecule has 0 aromatic heterocycles. The average Bonchev–Trinajstić information content (AvgIpc) is 2.93. The normalized spacial score (nSPS) is 17.5. The van der Waals surface area contributed by atoms with E-state index in [-0.39, 0.29) is 17.7 Å². The summed E-state index contributed by atoms with van der Waals surface area (Å²) in [5.41, 5.74) is 2.36. The van der Waals surface area contributed by atoms with Crippen molar-refractivity contribution in [2.24, 2.45) is 5.10 Å². The minimum Gasteiger partial charge on any atom is -0.508 e. The summed E-state index contributed by atoms with van der Waals surface area (Å²) in [6.45, 7) is 1.47. The number of nitrogens with zero attached hydrogens (tertiary/aromatic N) is 2. The highest BCUT2D eigenvalue weighted by atomic mass is 35.5. The molecule has 3 rings (SSSR count). The highest BCUT2D eigenvalue weighted by Gasteiger charge is 2.32. The molecule has 1 aliphatic rings. The minimum absolute atomic E-state index is 0.162. The van der Waals surface area contributed by atoms with Crippen molar-refractivity contribution < 1.29 is 9.90 Å². The Labute approximate surface area is 133 Å². The van der Waals surface area contributed by atoms with Crippen molar-refractivity contribution in [3.63, 3.8) is 0 Å². The number of phenolic OH excluding ortho intramolecular Hbond substituents is 1. The van der Waals surface area contributed by atoms with Gasteiger partial charge in [-0.2, -0.15) is 5.10 Å². The Kier molecular flexibility index (Phi) is 3.86. The minimum atomic E-state index is -0.298.